The molecule has 0 aliphatic carbocycles. The van der Waals surface area contributed by atoms with Gasteiger partial charge in [0.25, 0.3) is 0 Å². The van der Waals surface area contributed by atoms with Crippen LogP contribution in [-0.4, -0.2) is 19.7 Å². The van der Waals surface area contributed by atoms with Gasteiger partial charge in [0.2, 0.25) is 10.9 Å². The van der Waals surface area contributed by atoms with Gasteiger partial charge in [0.1, 0.15) is 0 Å². The van der Waals surface area contributed by atoms with Gasteiger partial charge in [0.15, 0.2) is 5.11 Å². The SMILES string of the molecule is S=C(Nc1ccccc1)Nc1nc2scc(-c3ccc(Cl)cc3Cl)n2n1. The lowest BCUT2D eigenvalue weighted by Gasteiger charge is -2.07. The molecule has 0 aliphatic heterocycles. The van der Waals surface area contributed by atoms with Crippen molar-refractivity contribution < 1.29 is 0 Å². The maximum Gasteiger partial charge on any atom is 0.250 e. The molecule has 0 saturated carbocycles. The monoisotopic (exact) mass is 419 g/mol. The van der Waals surface area contributed by atoms with Crippen molar-refractivity contribution >= 4 is 68.5 Å². The summed E-state index contributed by atoms with van der Waals surface area (Å²) >= 11 is 19.1. The van der Waals surface area contributed by atoms with E-state index < -0.39 is 0 Å². The summed E-state index contributed by atoms with van der Waals surface area (Å²) in [6, 6.07) is 15.0. The second-order valence-corrected chi connectivity index (χ2v) is 7.41. The first-order valence-corrected chi connectivity index (χ1v) is 9.57. The van der Waals surface area contributed by atoms with Crippen molar-refractivity contribution in [2.24, 2.45) is 0 Å². The highest BCUT2D eigenvalue weighted by atomic mass is 35.5. The van der Waals surface area contributed by atoms with E-state index in [1.165, 1.54) is 11.3 Å². The molecule has 2 heterocycles. The summed E-state index contributed by atoms with van der Waals surface area (Å²) in [5.41, 5.74) is 2.57. The number of hydrogen-bond donors (Lipinski definition) is 2. The van der Waals surface area contributed by atoms with E-state index in [2.05, 4.69) is 20.7 Å². The standard InChI is InChI=1S/C17H11Cl2N5S2/c18-10-6-7-12(13(19)8-10)14-9-26-17-22-15(23-24(14)17)21-16(25)20-11-4-2-1-3-5-11/h1-9H,(H2,20,21,23,25). The topological polar surface area (TPSA) is 54.2 Å². The average molecular weight is 420 g/mol. The molecule has 0 unspecified atom stereocenters. The predicted octanol–water partition coefficient (Wildman–Crippen LogP) is 5.57. The Labute approximate surface area is 168 Å². The number of rotatable bonds is 3. The van der Waals surface area contributed by atoms with Gasteiger partial charge < -0.3 is 5.32 Å². The summed E-state index contributed by atoms with van der Waals surface area (Å²) in [5.74, 6) is 0.414. The largest absolute Gasteiger partial charge is 0.332 e. The first-order valence-electron chi connectivity index (χ1n) is 7.53. The van der Waals surface area contributed by atoms with E-state index in [0.717, 1.165) is 21.9 Å². The van der Waals surface area contributed by atoms with Crippen LogP contribution >= 0.6 is 46.8 Å². The minimum Gasteiger partial charge on any atom is -0.332 e. The maximum atomic E-state index is 6.32. The molecule has 0 atom stereocenters. The third-order valence-corrected chi connectivity index (χ3v) is 5.11. The molecule has 2 aromatic carbocycles. The van der Waals surface area contributed by atoms with E-state index in [4.69, 9.17) is 35.4 Å². The van der Waals surface area contributed by atoms with E-state index in [1.54, 1.807) is 16.6 Å². The molecule has 9 heteroatoms. The van der Waals surface area contributed by atoms with Crippen LogP contribution in [-0.2, 0) is 0 Å². The van der Waals surface area contributed by atoms with Crippen molar-refractivity contribution in [1.82, 2.24) is 14.6 Å². The van der Waals surface area contributed by atoms with Gasteiger partial charge >= 0.3 is 0 Å². The van der Waals surface area contributed by atoms with E-state index in [9.17, 15) is 0 Å². The van der Waals surface area contributed by atoms with Gasteiger partial charge in [-0.25, -0.2) is 4.52 Å². The quantitative estimate of drug-likeness (QED) is 0.424. The van der Waals surface area contributed by atoms with Crippen molar-refractivity contribution in [2.75, 3.05) is 10.6 Å². The molecule has 0 saturated heterocycles. The Kier molecular flexibility index (Phi) is 4.78. The Morgan fingerprint density at radius 2 is 1.88 bits per heavy atom. The summed E-state index contributed by atoms with van der Waals surface area (Å²) in [6.07, 6.45) is 0. The van der Waals surface area contributed by atoms with Gasteiger partial charge in [-0.15, -0.1) is 16.4 Å². The highest BCUT2D eigenvalue weighted by Crippen LogP contribution is 2.33. The maximum absolute atomic E-state index is 6.32. The van der Waals surface area contributed by atoms with E-state index in [0.29, 0.717) is 21.1 Å². The summed E-state index contributed by atoms with van der Waals surface area (Å²) in [6.45, 7) is 0. The molecule has 4 rings (SSSR count). The van der Waals surface area contributed by atoms with E-state index >= 15 is 0 Å². The zero-order valence-electron chi connectivity index (χ0n) is 13.1. The molecule has 0 amide bonds. The van der Waals surface area contributed by atoms with Crippen LogP contribution in [0.5, 0.6) is 0 Å². The number of para-hydroxylation sites is 1. The van der Waals surface area contributed by atoms with Crippen LogP contribution in [0.1, 0.15) is 0 Å². The van der Waals surface area contributed by atoms with E-state index in [-0.39, 0.29) is 0 Å². The van der Waals surface area contributed by atoms with Gasteiger partial charge in [-0.2, -0.15) is 4.98 Å². The van der Waals surface area contributed by atoms with Crippen LogP contribution in [0.25, 0.3) is 16.2 Å². The molecular weight excluding hydrogens is 409 g/mol. The summed E-state index contributed by atoms with van der Waals surface area (Å²) in [7, 11) is 0. The number of benzene rings is 2. The minimum absolute atomic E-state index is 0.414. The molecular formula is C17H11Cl2N5S2. The number of thiocarbonyl (C=S) groups is 1. The molecule has 0 aliphatic rings. The third kappa shape index (κ3) is 3.52. The molecule has 0 fully saturated rings. The van der Waals surface area contributed by atoms with Crippen molar-refractivity contribution in [3.8, 4) is 11.3 Å². The summed E-state index contributed by atoms with van der Waals surface area (Å²) in [5, 5.41) is 14.1. The fourth-order valence-electron chi connectivity index (χ4n) is 2.40. The van der Waals surface area contributed by atoms with Crippen LogP contribution in [0.3, 0.4) is 0 Å². The lowest BCUT2D eigenvalue weighted by molar-refractivity contribution is 0.991. The molecule has 2 N–H and O–H groups in total. The van der Waals surface area contributed by atoms with Gasteiger partial charge in [-0.05, 0) is 42.5 Å². The number of nitrogens with one attached hydrogen (secondary N) is 2. The first-order chi connectivity index (χ1) is 12.6. The van der Waals surface area contributed by atoms with Crippen molar-refractivity contribution in [3.63, 3.8) is 0 Å². The molecule has 130 valence electrons. The normalized spacial score (nSPS) is 10.8. The fourth-order valence-corrected chi connectivity index (χ4v) is 3.94. The molecule has 0 bridgehead atoms. The molecule has 4 aromatic rings. The number of aromatic nitrogens is 3. The van der Waals surface area contributed by atoms with Crippen LogP contribution in [0, 0.1) is 0 Å². The van der Waals surface area contributed by atoms with Gasteiger partial charge in [-0.3, -0.25) is 5.32 Å². The number of anilines is 2. The number of thiazole rings is 1. The molecule has 26 heavy (non-hydrogen) atoms. The Bertz CT molecular complexity index is 1090. The van der Waals surface area contributed by atoms with Crippen LogP contribution in [0.15, 0.2) is 53.9 Å². The second-order valence-electron chi connectivity index (χ2n) is 5.32. The summed E-state index contributed by atoms with van der Waals surface area (Å²) in [4.78, 5) is 5.18. The predicted molar refractivity (Wildman–Crippen MR) is 113 cm³/mol. The van der Waals surface area contributed by atoms with Gasteiger partial charge in [0, 0.05) is 21.7 Å². The van der Waals surface area contributed by atoms with Crippen LogP contribution < -0.4 is 10.6 Å². The molecule has 5 nitrogen and oxygen atoms in total. The Balaban J connectivity index is 1.59. The highest BCUT2D eigenvalue weighted by molar-refractivity contribution is 7.80. The zero-order chi connectivity index (χ0) is 18.1. The Morgan fingerprint density at radius 3 is 2.65 bits per heavy atom. The number of fused-ring (bicyclic) bond motifs is 1. The molecule has 2 aromatic heterocycles. The smallest absolute Gasteiger partial charge is 0.250 e. The minimum atomic E-state index is 0.414. The Morgan fingerprint density at radius 1 is 1.08 bits per heavy atom. The van der Waals surface area contributed by atoms with Gasteiger partial charge in [0.05, 0.1) is 10.7 Å². The number of hydrogen-bond acceptors (Lipinski definition) is 4. The molecule has 0 radical (unpaired) electrons. The number of nitrogens with zero attached hydrogens (tertiary/aromatic N) is 3. The molecule has 0 spiro atoms. The Hall–Kier alpha value is -2.19. The average Bonchev–Trinajstić information content (AvgIpc) is 3.16. The van der Waals surface area contributed by atoms with E-state index in [1.807, 2.05) is 41.8 Å². The third-order valence-electron chi connectivity index (χ3n) is 3.55. The lowest BCUT2D eigenvalue weighted by atomic mass is 10.2. The van der Waals surface area contributed by atoms with Crippen LogP contribution in [0.4, 0.5) is 11.6 Å². The fraction of sp³-hybridized carbons (Fsp3) is 0. The second kappa shape index (κ2) is 7.20. The number of halogens is 2. The van der Waals surface area contributed by atoms with Crippen molar-refractivity contribution in [3.05, 3.63) is 64.0 Å². The van der Waals surface area contributed by atoms with Crippen LogP contribution in [0.2, 0.25) is 10.0 Å². The van der Waals surface area contributed by atoms with Gasteiger partial charge in [-0.1, -0.05) is 41.4 Å². The summed E-state index contributed by atoms with van der Waals surface area (Å²) < 4.78 is 1.73. The lowest BCUT2D eigenvalue weighted by Crippen LogP contribution is -2.19. The zero-order valence-corrected chi connectivity index (χ0v) is 16.3. The highest BCUT2D eigenvalue weighted by Gasteiger charge is 2.14. The van der Waals surface area contributed by atoms with Crippen molar-refractivity contribution in [1.29, 1.82) is 0 Å². The first kappa shape index (κ1) is 17.2. The van der Waals surface area contributed by atoms with Crippen molar-refractivity contribution in [2.45, 2.75) is 0 Å².